The van der Waals surface area contributed by atoms with Crippen LogP contribution in [0.4, 0.5) is 0 Å². The molecular weight excluding hydrogens is 464 g/mol. The van der Waals surface area contributed by atoms with Crippen molar-refractivity contribution in [3.8, 4) is 34.0 Å². The number of nitrogens with one attached hydrogen (secondary N) is 1. The van der Waals surface area contributed by atoms with Gasteiger partial charge in [-0.1, -0.05) is 54.6 Å². The van der Waals surface area contributed by atoms with E-state index in [0.29, 0.717) is 30.1 Å². The topological polar surface area (TPSA) is 131 Å². The molecule has 0 saturated heterocycles. The van der Waals surface area contributed by atoms with Crippen LogP contribution in [0.15, 0.2) is 79.1 Å². The van der Waals surface area contributed by atoms with E-state index in [2.05, 4.69) is 67.8 Å². The Labute approximate surface area is 212 Å². The summed E-state index contributed by atoms with van der Waals surface area (Å²) >= 11 is 0. The van der Waals surface area contributed by atoms with Crippen LogP contribution in [0.1, 0.15) is 25.3 Å². The molecule has 0 unspecified atom stereocenters. The normalized spacial score (nSPS) is 21.4. The van der Waals surface area contributed by atoms with Gasteiger partial charge < -0.3 is 15.8 Å². The molecule has 1 fully saturated rings. The molecule has 0 aliphatic heterocycles. The number of nitrogens with zero attached hydrogens (tertiary/aromatic N) is 6. The molecule has 9 nitrogen and oxygen atoms in total. The molecule has 37 heavy (non-hydrogen) atoms. The molecule has 1 aliphatic carbocycles. The molecule has 0 amide bonds. The maximum atomic E-state index is 10.2. The predicted molar refractivity (Wildman–Crippen MR) is 140 cm³/mol. The molecule has 2 aromatic carbocycles. The first kappa shape index (κ1) is 21.8. The average molecular weight is 489 g/mol. The van der Waals surface area contributed by atoms with Crippen molar-refractivity contribution in [3.05, 3.63) is 84.7 Å². The van der Waals surface area contributed by atoms with Crippen LogP contribution in [0.5, 0.6) is 0 Å². The van der Waals surface area contributed by atoms with E-state index in [1.54, 1.807) is 0 Å². The number of aromatic amines is 1. The summed E-state index contributed by atoms with van der Waals surface area (Å²) in [6.45, 7) is 1.83. The van der Waals surface area contributed by atoms with Gasteiger partial charge in [0.2, 0.25) is 5.82 Å². The molecule has 4 aromatic heterocycles. The van der Waals surface area contributed by atoms with Crippen LogP contribution in [-0.4, -0.2) is 45.5 Å². The van der Waals surface area contributed by atoms with Crippen molar-refractivity contribution < 1.29 is 5.11 Å². The Balaban J connectivity index is 1.42. The largest absolute Gasteiger partial charge is 0.390 e. The molecule has 0 radical (unpaired) electrons. The molecule has 0 spiro atoms. The third kappa shape index (κ3) is 3.51. The number of hydrogen-bond donors (Lipinski definition) is 3. The zero-order chi connectivity index (χ0) is 25.2. The van der Waals surface area contributed by atoms with E-state index in [4.69, 9.17) is 10.7 Å². The van der Waals surface area contributed by atoms with Gasteiger partial charge in [-0.15, -0.1) is 20.4 Å². The Morgan fingerprint density at radius 1 is 0.919 bits per heavy atom. The first-order valence-electron chi connectivity index (χ1n) is 12.1. The minimum absolute atomic E-state index is 0.502. The number of fused-ring (bicyclic) bond motifs is 3. The number of aromatic nitrogens is 7. The zero-order valence-electron chi connectivity index (χ0n) is 20.1. The predicted octanol–water partition coefficient (Wildman–Crippen LogP) is 4.10. The fourth-order valence-electron chi connectivity index (χ4n) is 5.61. The minimum Gasteiger partial charge on any atom is -0.390 e. The molecule has 0 bridgehead atoms. The standard InChI is InChI=1S/C28H24N8O/c1-27(37)14-28(29,15-27)19-9-7-18(8-10-19)24-20(17-5-3-2-4-6-17)13-22-21(32-24)11-12-23-33-35-26(36(22)23)25-30-16-31-34-25/h2-13,16,37H,14-15,29H2,1H3,(H,30,31,34). The molecular formula is C28H24N8O. The summed E-state index contributed by atoms with van der Waals surface area (Å²) in [4.78, 5) is 8.15. The Bertz CT molecular complexity index is 1750. The van der Waals surface area contributed by atoms with Gasteiger partial charge in [-0.25, -0.2) is 4.98 Å². The van der Waals surface area contributed by atoms with Crippen LogP contribution in [-0.2, 0) is 5.54 Å². The van der Waals surface area contributed by atoms with Gasteiger partial charge in [-0.3, -0.25) is 4.40 Å². The van der Waals surface area contributed by atoms with E-state index in [1.807, 2.05) is 41.7 Å². The van der Waals surface area contributed by atoms with Gasteiger partial charge in [0.1, 0.15) is 6.33 Å². The number of rotatable bonds is 4. The summed E-state index contributed by atoms with van der Waals surface area (Å²) < 4.78 is 1.95. The lowest BCUT2D eigenvalue weighted by atomic mass is 9.63. The van der Waals surface area contributed by atoms with Crippen molar-refractivity contribution in [1.29, 1.82) is 0 Å². The Morgan fingerprint density at radius 3 is 2.41 bits per heavy atom. The van der Waals surface area contributed by atoms with Crippen LogP contribution >= 0.6 is 0 Å². The lowest BCUT2D eigenvalue weighted by Gasteiger charge is -2.49. The second-order valence-corrected chi connectivity index (χ2v) is 10.1. The van der Waals surface area contributed by atoms with Gasteiger partial charge >= 0.3 is 0 Å². The summed E-state index contributed by atoms with van der Waals surface area (Å²) in [5.74, 6) is 1.10. The van der Waals surface area contributed by atoms with Crippen LogP contribution in [0.3, 0.4) is 0 Å². The van der Waals surface area contributed by atoms with Crippen molar-refractivity contribution in [1.82, 2.24) is 34.8 Å². The van der Waals surface area contributed by atoms with E-state index in [1.165, 1.54) is 6.33 Å². The second kappa shape index (κ2) is 7.76. The molecule has 4 heterocycles. The third-order valence-electron chi connectivity index (χ3n) is 7.19. The fourth-order valence-corrected chi connectivity index (χ4v) is 5.61. The molecule has 182 valence electrons. The number of hydrogen-bond acceptors (Lipinski definition) is 7. The van der Waals surface area contributed by atoms with Crippen LogP contribution in [0.25, 0.3) is 50.7 Å². The van der Waals surface area contributed by atoms with E-state index in [-0.39, 0.29) is 0 Å². The number of pyridine rings is 2. The van der Waals surface area contributed by atoms with E-state index < -0.39 is 11.1 Å². The minimum atomic E-state index is -0.703. The first-order chi connectivity index (χ1) is 17.9. The van der Waals surface area contributed by atoms with Gasteiger partial charge in [0.15, 0.2) is 11.5 Å². The highest BCUT2D eigenvalue weighted by Crippen LogP contribution is 2.46. The van der Waals surface area contributed by atoms with Gasteiger partial charge in [0, 0.05) is 16.7 Å². The van der Waals surface area contributed by atoms with Gasteiger partial charge in [0.25, 0.3) is 0 Å². The Hall–Kier alpha value is -4.47. The summed E-state index contributed by atoms with van der Waals surface area (Å²) in [5.41, 5.74) is 12.6. The molecule has 1 aliphatic rings. The highest BCUT2D eigenvalue weighted by Gasteiger charge is 2.49. The van der Waals surface area contributed by atoms with Crippen molar-refractivity contribution in [2.24, 2.45) is 5.73 Å². The van der Waals surface area contributed by atoms with Gasteiger partial charge in [-0.2, -0.15) is 0 Å². The third-order valence-corrected chi connectivity index (χ3v) is 7.19. The average Bonchev–Trinajstić information content (AvgIpc) is 3.57. The summed E-state index contributed by atoms with van der Waals surface area (Å²) in [6.07, 6.45) is 2.61. The second-order valence-electron chi connectivity index (χ2n) is 10.1. The molecule has 1 saturated carbocycles. The van der Waals surface area contributed by atoms with Crippen molar-refractivity contribution in [2.45, 2.75) is 30.9 Å². The molecule has 0 atom stereocenters. The Kier molecular flexibility index (Phi) is 4.57. The quantitative estimate of drug-likeness (QED) is 0.340. The van der Waals surface area contributed by atoms with E-state index in [0.717, 1.165) is 39.0 Å². The highest BCUT2D eigenvalue weighted by atomic mass is 16.3. The first-order valence-corrected chi connectivity index (χ1v) is 12.1. The van der Waals surface area contributed by atoms with E-state index in [9.17, 15) is 5.11 Å². The molecule has 4 N–H and O–H groups in total. The SMILES string of the molecule is CC1(O)CC(N)(c2ccc(-c3nc4ccc5nnc(-c6nnc[nH]6)n5c4cc3-c3ccccc3)cc2)C1. The maximum Gasteiger partial charge on any atom is 0.206 e. The molecule has 6 aromatic rings. The summed E-state index contributed by atoms with van der Waals surface area (Å²) in [5, 5.41) is 27.0. The Morgan fingerprint density at radius 2 is 1.70 bits per heavy atom. The summed E-state index contributed by atoms with van der Waals surface area (Å²) in [6, 6.07) is 24.4. The fraction of sp³-hybridized carbons (Fsp3) is 0.179. The number of aliphatic hydroxyl groups is 1. The summed E-state index contributed by atoms with van der Waals surface area (Å²) in [7, 11) is 0. The number of benzene rings is 2. The monoisotopic (exact) mass is 488 g/mol. The van der Waals surface area contributed by atoms with Crippen molar-refractivity contribution in [2.75, 3.05) is 0 Å². The number of H-pyrrole nitrogens is 1. The molecule has 7 rings (SSSR count). The van der Waals surface area contributed by atoms with Crippen LogP contribution < -0.4 is 5.73 Å². The van der Waals surface area contributed by atoms with Crippen molar-refractivity contribution >= 4 is 16.7 Å². The lowest BCUT2D eigenvalue weighted by molar-refractivity contribution is -0.0738. The number of nitrogens with two attached hydrogens (primary N) is 1. The van der Waals surface area contributed by atoms with Gasteiger partial charge in [-0.05, 0) is 49.1 Å². The molecule has 9 heteroatoms. The van der Waals surface area contributed by atoms with Crippen molar-refractivity contribution in [3.63, 3.8) is 0 Å². The zero-order valence-corrected chi connectivity index (χ0v) is 20.1. The van der Waals surface area contributed by atoms with Crippen LogP contribution in [0.2, 0.25) is 0 Å². The lowest BCUT2D eigenvalue weighted by Crippen LogP contribution is -2.58. The van der Waals surface area contributed by atoms with E-state index >= 15 is 0 Å². The maximum absolute atomic E-state index is 10.2. The highest BCUT2D eigenvalue weighted by molar-refractivity contribution is 5.91. The van der Waals surface area contributed by atoms with Gasteiger partial charge in [0.05, 0.1) is 22.3 Å². The smallest absolute Gasteiger partial charge is 0.206 e. The van der Waals surface area contributed by atoms with Crippen LogP contribution in [0, 0.1) is 0 Å².